The zero-order valence-corrected chi connectivity index (χ0v) is 10.6. The highest BCUT2D eigenvalue weighted by molar-refractivity contribution is 5.20. The van der Waals surface area contributed by atoms with Crippen LogP contribution in [-0.2, 0) is 4.74 Å². The maximum atomic E-state index is 9.84. The normalized spacial score (nSPS) is 27.4. The first-order valence-electron chi connectivity index (χ1n) is 6.73. The summed E-state index contributed by atoms with van der Waals surface area (Å²) in [5.41, 5.74) is 1.03. The van der Waals surface area contributed by atoms with E-state index in [1.807, 2.05) is 12.2 Å². The van der Waals surface area contributed by atoms with Gasteiger partial charge in [0.2, 0.25) is 6.29 Å². The highest BCUT2D eigenvalue weighted by Crippen LogP contribution is 2.24. The van der Waals surface area contributed by atoms with Crippen molar-refractivity contribution in [3.05, 3.63) is 24.0 Å². The van der Waals surface area contributed by atoms with Crippen molar-refractivity contribution in [3.63, 3.8) is 0 Å². The number of aliphatic hydroxyl groups is 1. The zero-order chi connectivity index (χ0) is 12.1. The Morgan fingerprint density at radius 3 is 2.82 bits per heavy atom. The third-order valence-electron chi connectivity index (χ3n) is 3.75. The van der Waals surface area contributed by atoms with Gasteiger partial charge in [0.15, 0.2) is 0 Å². The molecule has 2 atom stereocenters. The number of aliphatic hydroxyl groups excluding tert-OH is 1. The van der Waals surface area contributed by atoms with Gasteiger partial charge < -0.3 is 14.7 Å². The van der Waals surface area contributed by atoms with Crippen LogP contribution in [0.4, 0.5) is 0 Å². The van der Waals surface area contributed by atoms with E-state index in [2.05, 4.69) is 11.8 Å². The minimum absolute atomic E-state index is 0.410. The van der Waals surface area contributed by atoms with Crippen molar-refractivity contribution < 1.29 is 9.84 Å². The lowest BCUT2D eigenvalue weighted by molar-refractivity contribution is -0.0322. The predicted molar refractivity (Wildman–Crippen MR) is 68.4 cm³/mol. The Hall–Kier alpha value is -0.800. The van der Waals surface area contributed by atoms with Gasteiger partial charge in [-0.05, 0) is 44.3 Å². The number of hydrogen-bond acceptors (Lipinski definition) is 3. The summed E-state index contributed by atoms with van der Waals surface area (Å²) < 4.78 is 5.15. The molecule has 0 aliphatic carbocycles. The fourth-order valence-corrected chi connectivity index (χ4v) is 2.69. The van der Waals surface area contributed by atoms with Crippen LogP contribution in [0.5, 0.6) is 0 Å². The first-order valence-corrected chi connectivity index (χ1v) is 6.73. The van der Waals surface area contributed by atoms with E-state index in [9.17, 15) is 5.11 Å². The average Bonchev–Trinajstić information content (AvgIpc) is 2.38. The maximum Gasteiger partial charge on any atom is 0.219 e. The van der Waals surface area contributed by atoms with Crippen LogP contribution >= 0.6 is 0 Å². The second kappa shape index (κ2) is 6.22. The van der Waals surface area contributed by atoms with Gasteiger partial charge in [-0.15, -0.1) is 0 Å². The summed E-state index contributed by atoms with van der Waals surface area (Å²) in [4.78, 5) is 2.52. The van der Waals surface area contributed by atoms with Crippen molar-refractivity contribution in [2.45, 2.75) is 38.9 Å². The summed E-state index contributed by atoms with van der Waals surface area (Å²) >= 11 is 0. The lowest BCUT2D eigenvalue weighted by Gasteiger charge is -2.32. The average molecular weight is 237 g/mol. The van der Waals surface area contributed by atoms with Gasteiger partial charge in [0.25, 0.3) is 0 Å². The Kier molecular flexibility index (Phi) is 4.63. The molecule has 0 aromatic heterocycles. The van der Waals surface area contributed by atoms with Crippen LogP contribution in [0.2, 0.25) is 0 Å². The van der Waals surface area contributed by atoms with Crippen molar-refractivity contribution in [1.29, 1.82) is 0 Å². The summed E-state index contributed by atoms with van der Waals surface area (Å²) in [6.07, 6.45) is 9.74. The highest BCUT2D eigenvalue weighted by Gasteiger charge is 2.24. The van der Waals surface area contributed by atoms with Crippen molar-refractivity contribution in [3.8, 4) is 0 Å². The van der Waals surface area contributed by atoms with Gasteiger partial charge in [-0.2, -0.15) is 0 Å². The lowest BCUT2D eigenvalue weighted by Crippen LogP contribution is -2.36. The first-order chi connectivity index (χ1) is 8.31. The Morgan fingerprint density at radius 1 is 1.41 bits per heavy atom. The van der Waals surface area contributed by atoms with Crippen LogP contribution in [-0.4, -0.2) is 35.9 Å². The standard InChI is InChI=1S/C14H23NO2/c1-2-12(11-15-8-4-3-5-9-15)13-7-6-10-17-14(13)16/h6-7,10,12,14,16H,2-5,8-9,11H2,1H3. The molecule has 1 N–H and O–H groups in total. The SMILES string of the molecule is CCC(CN1CCCCC1)C1=CC=COC1O. The molecule has 0 spiro atoms. The Labute approximate surface area is 104 Å². The molecule has 2 unspecified atom stereocenters. The highest BCUT2D eigenvalue weighted by atomic mass is 16.6. The van der Waals surface area contributed by atoms with E-state index >= 15 is 0 Å². The van der Waals surface area contributed by atoms with Gasteiger partial charge >= 0.3 is 0 Å². The Bertz CT molecular complexity index is 293. The van der Waals surface area contributed by atoms with E-state index in [1.165, 1.54) is 32.4 Å². The molecule has 3 nitrogen and oxygen atoms in total. The van der Waals surface area contributed by atoms with Crippen molar-refractivity contribution in [1.82, 2.24) is 4.90 Å². The summed E-state index contributed by atoms with van der Waals surface area (Å²) in [5.74, 6) is 0.410. The molecule has 2 rings (SSSR count). The van der Waals surface area contributed by atoms with Crippen LogP contribution < -0.4 is 0 Å². The summed E-state index contributed by atoms with van der Waals surface area (Å²) in [6.45, 7) is 5.64. The maximum absolute atomic E-state index is 9.84. The molecule has 0 bridgehead atoms. The van der Waals surface area contributed by atoms with Crippen molar-refractivity contribution >= 4 is 0 Å². The lowest BCUT2D eigenvalue weighted by atomic mass is 9.93. The van der Waals surface area contributed by atoms with E-state index in [0.717, 1.165) is 18.5 Å². The van der Waals surface area contributed by atoms with E-state index < -0.39 is 6.29 Å². The molecule has 0 aromatic carbocycles. The van der Waals surface area contributed by atoms with Gasteiger partial charge in [-0.1, -0.05) is 19.4 Å². The smallest absolute Gasteiger partial charge is 0.219 e. The minimum Gasteiger partial charge on any atom is -0.469 e. The molecule has 17 heavy (non-hydrogen) atoms. The zero-order valence-electron chi connectivity index (χ0n) is 10.6. The van der Waals surface area contributed by atoms with Crippen LogP contribution in [0.15, 0.2) is 24.0 Å². The topological polar surface area (TPSA) is 32.7 Å². The monoisotopic (exact) mass is 237 g/mol. The van der Waals surface area contributed by atoms with Crippen LogP contribution in [0.25, 0.3) is 0 Å². The number of piperidine rings is 1. The van der Waals surface area contributed by atoms with Gasteiger partial charge in [-0.3, -0.25) is 0 Å². The molecule has 2 aliphatic rings. The van der Waals surface area contributed by atoms with E-state index in [4.69, 9.17) is 4.74 Å². The molecule has 2 aliphatic heterocycles. The molecule has 96 valence electrons. The van der Waals surface area contributed by atoms with Gasteiger partial charge in [0.1, 0.15) is 0 Å². The number of ether oxygens (including phenoxy) is 1. The van der Waals surface area contributed by atoms with E-state index in [0.29, 0.717) is 5.92 Å². The summed E-state index contributed by atoms with van der Waals surface area (Å²) in [6, 6.07) is 0. The summed E-state index contributed by atoms with van der Waals surface area (Å²) in [5, 5.41) is 9.84. The Balaban J connectivity index is 1.95. The number of nitrogens with zero attached hydrogens (tertiary/aromatic N) is 1. The van der Waals surface area contributed by atoms with Crippen molar-refractivity contribution in [2.75, 3.05) is 19.6 Å². The largest absolute Gasteiger partial charge is 0.469 e. The first kappa shape index (κ1) is 12.7. The Morgan fingerprint density at radius 2 is 2.18 bits per heavy atom. The van der Waals surface area contributed by atoms with E-state index in [-0.39, 0.29) is 0 Å². The number of likely N-dealkylation sites (tertiary alicyclic amines) is 1. The fourth-order valence-electron chi connectivity index (χ4n) is 2.69. The molecule has 0 saturated carbocycles. The molecular weight excluding hydrogens is 214 g/mol. The summed E-state index contributed by atoms with van der Waals surface area (Å²) in [7, 11) is 0. The molecule has 3 heteroatoms. The number of rotatable bonds is 4. The molecule has 2 heterocycles. The van der Waals surface area contributed by atoms with E-state index in [1.54, 1.807) is 6.26 Å². The third kappa shape index (κ3) is 3.33. The second-order valence-electron chi connectivity index (χ2n) is 4.95. The fraction of sp³-hybridized carbons (Fsp3) is 0.714. The number of allylic oxidation sites excluding steroid dienone is 2. The minimum atomic E-state index is -0.741. The third-order valence-corrected chi connectivity index (χ3v) is 3.75. The van der Waals surface area contributed by atoms with Gasteiger partial charge in [0, 0.05) is 12.1 Å². The van der Waals surface area contributed by atoms with Crippen LogP contribution in [0.1, 0.15) is 32.6 Å². The van der Waals surface area contributed by atoms with Gasteiger partial charge in [-0.25, -0.2) is 0 Å². The molecule has 1 fully saturated rings. The van der Waals surface area contributed by atoms with Crippen LogP contribution in [0, 0.1) is 5.92 Å². The van der Waals surface area contributed by atoms with Crippen LogP contribution in [0.3, 0.4) is 0 Å². The predicted octanol–water partition coefficient (Wildman–Crippen LogP) is 2.29. The molecule has 1 saturated heterocycles. The molecule has 0 amide bonds. The molecular formula is C14H23NO2. The molecule has 0 radical (unpaired) electrons. The second-order valence-corrected chi connectivity index (χ2v) is 4.95. The number of hydrogen-bond donors (Lipinski definition) is 1. The molecule has 0 aromatic rings. The van der Waals surface area contributed by atoms with Gasteiger partial charge in [0.05, 0.1) is 6.26 Å². The van der Waals surface area contributed by atoms with Crippen molar-refractivity contribution in [2.24, 2.45) is 5.92 Å². The quantitative estimate of drug-likeness (QED) is 0.814.